The van der Waals surface area contributed by atoms with Crippen LogP contribution in [0, 0.1) is 13.8 Å². The van der Waals surface area contributed by atoms with E-state index in [2.05, 4.69) is 44.3 Å². The normalized spacial score (nSPS) is 13.7. The molecule has 0 aromatic heterocycles. The summed E-state index contributed by atoms with van der Waals surface area (Å²) in [6.07, 6.45) is 1.88. The Morgan fingerprint density at radius 3 is 2.57 bits per heavy atom. The van der Waals surface area contributed by atoms with Gasteiger partial charge in [-0.1, -0.05) is 55.0 Å². The molecule has 1 heterocycles. The van der Waals surface area contributed by atoms with Gasteiger partial charge in [0.05, 0.1) is 11.7 Å². The standard InChI is InChI=1S/C26H28N2O2/c1-4-22(20-14-13-17(2)16-18(20)3)27-24(29)12-7-15-28-23-11-6-9-19-8-5-10-21(25(19)23)26(28)30/h5-6,8-11,13-14,16,22H,4,7,12,15H2,1-3H3,(H,27,29)/t22-/m0/s1. The van der Waals surface area contributed by atoms with Crippen LogP contribution in [0.1, 0.15) is 59.3 Å². The van der Waals surface area contributed by atoms with Gasteiger partial charge in [0.25, 0.3) is 5.91 Å². The number of amides is 2. The number of carbonyl (C=O) groups is 2. The highest BCUT2D eigenvalue weighted by Crippen LogP contribution is 2.37. The van der Waals surface area contributed by atoms with Gasteiger partial charge in [0.1, 0.15) is 0 Å². The molecule has 0 fully saturated rings. The van der Waals surface area contributed by atoms with E-state index in [0.717, 1.165) is 28.4 Å². The summed E-state index contributed by atoms with van der Waals surface area (Å²) in [4.78, 5) is 27.3. The van der Waals surface area contributed by atoms with Gasteiger partial charge in [-0.2, -0.15) is 0 Å². The minimum absolute atomic E-state index is 0.0181. The molecule has 1 N–H and O–H groups in total. The summed E-state index contributed by atoms with van der Waals surface area (Å²) in [6.45, 7) is 6.80. The van der Waals surface area contributed by atoms with Crippen molar-refractivity contribution in [1.82, 2.24) is 5.32 Å². The second-order valence-corrected chi connectivity index (χ2v) is 8.13. The zero-order valence-electron chi connectivity index (χ0n) is 17.9. The predicted octanol–water partition coefficient (Wildman–Crippen LogP) is 5.46. The van der Waals surface area contributed by atoms with E-state index in [-0.39, 0.29) is 17.9 Å². The van der Waals surface area contributed by atoms with Crippen LogP contribution < -0.4 is 10.2 Å². The van der Waals surface area contributed by atoms with Crippen LogP contribution in [0.25, 0.3) is 10.8 Å². The van der Waals surface area contributed by atoms with Gasteiger partial charge in [0, 0.05) is 23.9 Å². The first-order valence-electron chi connectivity index (χ1n) is 10.7. The number of nitrogens with zero attached hydrogens (tertiary/aromatic N) is 1. The molecule has 1 atom stereocenters. The van der Waals surface area contributed by atoms with Crippen molar-refractivity contribution in [3.05, 3.63) is 76.9 Å². The molecule has 2 amide bonds. The molecule has 0 bridgehead atoms. The van der Waals surface area contributed by atoms with Crippen LogP contribution in [0.2, 0.25) is 0 Å². The SMILES string of the molecule is CC[C@H](NC(=O)CCCN1C(=O)c2cccc3cccc1c23)c1ccc(C)cc1C. The molecule has 1 aliphatic heterocycles. The summed E-state index contributed by atoms with van der Waals surface area (Å²) in [7, 11) is 0. The van der Waals surface area contributed by atoms with Crippen LogP contribution in [-0.4, -0.2) is 18.4 Å². The van der Waals surface area contributed by atoms with Gasteiger partial charge in [-0.25, -0.2) is 0 Å². The molecule has 0 aliphatic carbocycles. The lowest BCUT2D eigenvalue weighted by Crippen LogP contribution is -2.31. The Balaban J connectivity index is 1.38. The maximum absolute atomic E-state index is 12.9. The van der Waals surface area contributed by atoms with Crippen molar-refractivity contribution in [2.45, 2.75) is 46.1 Å². The zero-order valence-corrected chi connectivity index (χ0v) is 17.9. The minimum atomic E-state index is 0.0181. The van der Waals surface area contributed by atoms with Gasteiger partial charge in [0.15, 0.2) is 0 Å². The number of carbonyl (C=O) groups excluding carboxylic acids is 2. The zero-order chi connectivity index (χ0) is 21.3. The van der Waals surface area contributed by atoms with Gasteiger partial charge in [-0.15, -0.1) is 0 Å². The van der Waals surface area contributed by atoms with Gasteiger partial charge in [-0.05, 0) is 55.3 Å². The first-order valence-corrected chi connectivity index (χ1v) is 10.7. The van der Waals surface area contributed by atoms with Crippen molar-refractivity contribution in [2.24, 2.45) is 0 Å². The molecule has 4 nitrogen and oxygen atoms in total. The Bertz CT molecular complexity index is 1110. The Morgan fingerprint density at radius 1 is 1.07 bits per heavy atom. The molecule has 0 unspecified atom stereocenters. The molecule has 154 valence electrons. The van der Waals surface area contributed by atoms with Gasteiger partial charge in [-0.3, -0.25) is 9.59 Å². The summed E-state index contributed by atoms with van der Waals surface area (Å²) >= 11 is 0. The van der Waals surface area contributed by atoms with Crippen LogP contribution in [0.15, 0.2) is 54.6 Å². The topological polar surface area (TPSA) is 49.4 Å². The molecule has 0 saturated carbocycles. The second kappa shape index (κ2) is 8.31. The summed E-state index contributed by atoms with van der Waals surface area (Å²) in [5.74, 6) is 0.0631. The fourth-order valence-corrected chi connectivity index (χ4v) is 4.48. The van der Waals surface area contributed by atoms with Crippen molar-refractivity contribution >= 4 is 28.3 Å². The van der Waals surface area contributed by atoms with Crippen LogP contribution >= 0.6 is 0 Å². The van der Waals surface area contributed by atoms with Gasteiger partial charge >= 0.3 is 0 Å². The van der Waals surface area contributed by atoms with E-state index < -0.39 is 0 Å². The highest BCUT2D eigenvalue weighted by molar-refractivity contribution is 6.25. The number of hydrogen-bond donors (Lipinski definition) is 1. The van der Waals surface area contributed by atoms with E-state index in [4.69, 9.17) is 0 Å². The molecule has 0 radical (unpaired) electrons. The third kappa shape index (κ3) is 3.70. The molecule has 0 spiro atoms. The third-order valence-electron chi connectivity index (χ3n) is 5.98. The highest BCUT2D eigenvalue weighted by atomic mass is 16.2. The van der Waals surface area contributed by atoms with Crippen LogP contribution in [0.4, 0.5) is 5.69 Å². The lowest BCUT2D eigenvalue weighted by atomic mass is 9.97. The average Bonchev–Trinajstić information content (AvgIpc) is 3.00. The third-order valence-corrected chi connectivity index (χ3v) is 5.98. The predicted molar refractivity (Wildman–Crippen MR) is 122 cm³/mol. The summed E-state index contributed by atoms with van der Waals surface area (Å²) in [5, 5.41) is 5.28. The number of anilines is 1. The number of nitrogens with one attached hydrogen (secondary N) is 1. The molecule has 3 aromatic carbocycles. The quantitative estimate of drug-likeness (QED) is 0.572. The minimum Gasteiger partial charge on any atom is -0.349 e. The Kier molecular flexibility index (Phi) is 5.58. The van der Waals surface area contributed by atoms with E-state index >= 15 is 0 Å². The van der Waals surface area contributed by atoms with Crippen molar-refractivity contribution in [2.75, 3.05) is 11.4 Å². The molecule has 4 heteroatoms. The van der Waals surface area contributed by atoms with Gasteiger partial charge in [0.2, 0.25) is 5.91 Å². The van der Waals surface area contributed by atoms with E-state index in [1.54, 1.807) is 0 Å². The fourth-order valence-electron chi connectivity index (χ4n) is 4.48. The van der Waals surface area contributed by atoms with E-state index in [9.17, 15) is 9.59 Å². The highest BCUT2D eigenvalue weighted by Gasteiger charge is 2.29. The van der Waals surface area contributed by atoms with Crippen LogP contribution in [-0.2, 0) is 4.79 Å². The van der Waals surface area contributed by atoms with E-state index in [0.29, 0.717) is 19.4 Å². The maximum Gasteiger partial charge on any atom is 0.258 e. The number of hydrogen-bond acceptors (Lipinski definition) is 2. The first-order chi connectivity index (χ1) is 14.5. The maximum atomic E-state index is 12.9. The Hall–Kier alpha value is -3.14. The van der Waals surface area contributed by atoms with Crippen molar-refractivity contribution in [3.63, 3.8) is 0 Å². The molecule has 4 rings (SSSR count). The molecular weight excluding hydrogens is 372 g/mol. The Labute approximate surface area is 177 Å². The van der Waals surface area contributed by atoms with E-state index in [1.165, 1.54) is 16.7 Å². The van der Waals surface area contributed by atoms with Crippen molar-refractivity contribution in [1.29, 1.82) is 0 Å². The van der Waals surface area contributed by atoms with Gasteiger partial charge < -0.3 is 10.2 Å². The first kappa shape index (κ1) is 20.1. The Morgan fingerprint density at radius 2 is 1.83 bits per heavy atom. The summed E-state index contributed by atoms with van der Waals surface area (Å²) in [6, 6.07) is 18.2. The summed E-state index contributed by atoms with van der Waals surface area (Å²) in [5.41, 5.74) is 5.32. The number of aryl methyl sites for hydroxylation is 2. The van der Waals surface area contributed by atoms with Crippen LogP contribution in [0.3, 0.4) is 0 Å². The van der Waals surface area contributed by atoms with Crippen LogP contribution in [0.5, 0.6) is 0 Å². The number of benzene rings is 3. The molecule has 3 aromatic rings. The summed E-state index contributed by atoms with van der Waals surface area (Å²) < 4.78 is 0. The average molecular weight is 401 g/mol. The monoisotopic (exact) mass is 400 g/mol. The molecule has 30 heavy (non-hydrogen) atoms. The number of rotatable bonds is 7. The van der Waals surface area contributed by atoms with Crippen molar-refractivity contribution in [3.8, 4) is 0 Å². The molecule has 0 saturated heterocycles. The lowest BCUT2D eigenvalue weighted by Gasteiger charge is -2.21. The molecular formula is C26H28N2O2. The lowest BCUT2D eigenvalue weighted by molar-refractivity contribution is -0.121. The second-order valence-electron chi connectivity index (χ2n) is 8.13. The fraction of sp³-hybridized carbons (Fsp3) is 0.308. The smallest absolute Gasteiger partial charge is 0.258 e. The van der Waals surface area contributed by atoms with E-state index in [1.807, 2.05) is 41.3 Å². The largest absolute Gasteiger partial charge is 0.349 e. The molecule has 1 aliphatic rings. The van der Waals surface area contributed by atoms with Crippen molar-refractivity contribution < 1.29 is 9.59 Å².